The first kappa shape index (κ1) is 26.2. The number of piperidine rings is 1. The van der Waals surface area contributed by atoms with E-state index in [1.165, 1.54) is 20.1 Å². The summed E-state index contributed by atoms with van der Waals surface area (Å²) in [5.41, 5.74) is 1.86. The molecule has 1 aliphatic heterocycles. The molecule has 2 atom stereocenters. The van der Waals surface area contributed by atoms with Gasteiger partial charge in [0, 0.05) is 24.8 Å². The minimum Gasteiger partial charge on any atom is -0.497 e. The number of hydrogen-bond acceptors (Lipinski definition) is 4. The van der Waals surface area contributed by atoms with Gasteiger partial charge in [-0.25, -0.2) is 0 Å². The zero-order chi connectivity index (χ0) is 25.9. The Kier molecular flexibility index (Phi) is 8.00. The van der Waals surface area contributed by atoms with Crippen LogP contribution in [-0.4, -0.2) is 44.1 Å². The Labute approximate surface area is 210 Å². The van der Waals surface area contributed by atoms with Crippen LogP contribution in [0.25, 0.3) is 0 Å². The number of carboxylic acids is 1. The average Bonchev–Trinajstić information content (AvgIpc) is 3.70. The van der Waals surface area contributed by atoms with Crippen LogP contribution in [0.3, 0.4) is 0 Å². The third-order valence-electron chi connectivity index (χ3n) is 7.51. The summed E-state index contributed by atoms with van der Waals surface area (Å²) in [5.74, 6) is -0.327. The van der Waals surface area contributed by atoms with E-state index in [9.17, 15) is 23.1 Å². The number of methoxy groups -OCH3 is 1. The molecule has 36 heavy (non-hydrogen) atoms. The van der Waals surface area contributed by atoms with Crippen LogP contribution in [0.1, 0.15) is 62.0 Å². The number of carbonyl (C=O) groups is 1. The third-order valence-corrected chi connectivity index (χ3v) is 7.51. The number of halogens is 3. The topological polar surface area (TPSA) is 59.0 Å². The molecule has 0 radical (unpaired) electrons. The summed E-state index contributed by atoms with van der Waals surface area (Å²) in [5, 5.41) is 9.29. The number of alkyl halides is 3. The lowest BCUT2D eigenvalue weighted by atomic mass is 9.91. The minimum absolute atomic E-state index is 0.0189. The molecule has 4 rings (SSSR count). The van der Waals surface area contributed by atoms with Crippen molar-refractivity contribution < 1.29 is 32.5 Å². The molecular weight excluding hydrogens is 471 g/mol. The predicted octanol–water partition coefficient (Wildman–Crippen LogP) is 6.62. The van der Waals surface area contributed by atoms with Gasteiger partial charge in [-0.15, -0.1) is 0 Å². The standard InChI is InChI=1S/C28H34F3NO4/c1-18(28(29,30)31)24-9-8-22(35-2)15-26(24)32-12-10-19(11-13-32)17-36-23-5-3-4-21(14-23)25(16-27(33)34)20-6-7-20/h3-5,8-9,14-15,18-20,25H,6-7,10-13,16-17H2,1-2H3,(H,33,34). The lowest BCUT2D eigenvalue weighted by molar-refractivity contribution is -0.146. The summed E-state index contributed by atoms with van der Waals surface area (Å²) in [4.78, 5) is 13.3. The second-order valence-electron chi connectivity index (χ2n) is 10.0. The fraction of sp³-hybridized carbons (Fsp3) is 0.536. The molecule has 2 unspecified atom stereocenters. The van der Waals surface area contributed by atoms with E-state index < -0.39 is 18.1 Å². The average molecular weight is 506 g/mol. The summed E-state index contributed by atoms with van der Waals surface area (Å²) in [7, 11) is 1.51. The van der Waals surface area contributed by atoms with Crippen LogP contribution >= 0.6 is 0 Å². The molecule has 2 aromatic carbocycles. The fourth-order valence-corrected chi connectivity index (χ4v) is 5.10. The van der Waals surface area contributed by atoms with Gasteiger partial charge in [-0.05, 0) is 79.7 Å². The van der Waals surface area contributed by atoms with E-state index in [1.807, 2.05) is 29.2 Å². The molecule has 2 fully saturated rings. The fourth-order valence-electron chi connectivity index (χ4n) is 5.10. The van der Waals surface area contributed by atoms with Gasteiger partial charge in [0.1, 0.15) is 11.5 Å². The predicted molar refractivity (Wildman–Crippen MR) is 132 cm³/mol. The van der Waals surface area contributed by atoms with Crippen molar-refractivity contribution in [1.29, 1.82) is 0 Å². The third kappa shape index (κ3) is 6.45. The largest absolute Gasteiger partial charge is 0.497 e. The summed E-state index contributed by atoms with van der Waals surface area (Å²) in [6, 6.07) is 12.6. The Balaban J connectivity index is 1.37. The van der Waals surface area contributed by atoms with Crippen molar-refractivity contribution in [3.05, 3.63) is 53.6 Å². The molecule has 1 saturated carbocycles. The second kappa shape index (κ2) is 11.0. The lowest BCUT2D eigenvalue weighted by Crippen LogP contribution is -2.36. The number of nitrogens with zero attached hydrogens (tertiary/aromatic N) is 1. The molecule has 5 nitrogen and oxygen atoms in total. The molecule has 1 aliphatic carbocycles. The molecule has 0 spiro atoms. The lowest BCUT2D eigenvalue weighted by Gasteiger charge is -2.36. The highest BCUT2D eigenvalue weighted by molar-refractivity contribution is 5.68. The van der Waals surface area contributed by atoms with Crippen molar-refractivity contribution in [3.8, 4) is 11.5 Å². The van der Waals surface area contributed by atoms with Gasteiger partial charge in [0.25, 0.3) is 0 Å². The summed E-state index contributed by atoms with van der Waals surface area (Å²) in [6.07, 6.45) is -0.434. The first-order valence-corrected chi connectivity index (χ1v) is 12.6. The maximum absolute atomic E-state index is 13.5. The van der Waals surface area contributed by atoms with Crippen LogP contribution in [-0.2, 0) is 4.79 Å². The molecule has 2 aliphatic rings. The van der Waals surface area contributed by atoms with E-state index in [-0.39, 0.29) is 23.8 Å². The van der Waals surface area contributed by atoms with Gasteiger partial charge in [-0.2, -0.15) is 13.2 Å². The SMILES string of the molecule is COc1ccc(C(C)C(F)(F)F)c(N2CCC(COc3cccc(C(CC(=O)O)C4CC4)c3)CC2)c1. The van der Waals surface area contributed by atoms with Crippen LogP contribution in [0, 0.1) is 11.8 Å². The number of aliphatic carboxylic acids is 1. The van der Waals surface area contributed by atoms with Gasteiger partial charge in [-0.1, -0.05) is 18.2 Å². The number of benzene rings is 2. The van der Waals surface area contributed by atoms with Crippen molar-refractivity contribution in [3.63, 3.8) is 0 Å². The van der Waals surface area contributed by atoms with Gasteiger partial charge >= 0.3 is 12.1 Å². The van der Waals surface area contributed by atoms with E-state index >= 15 is 0 Å². The van der Waals surface area contributed by atoms with Gasteiger partial charge in [0.05, 0.1) is 26.1 Å². The number of rotatable bonds is 10. The van der Waals surface area contributed by atoms with E-state index in [1.54, 1.807) is 12.1 Å². The zero-order valence-corrected chi connectivity index (χ0v) is 20.8. The smallest absolute Gasteiger partial charge is 0.395 e. The maximum Gasteiger partial charge on any atom is 0.395 e. The molecule has 1 heterocycles. The zero-order valence-electron chi connectivity index (χ0n) is 20.8. The maximum atomic E-state index is 13.5. The van der Waals surface area contributed by atoms with E-state index in [0.29, 0.717) is 37.1 Å². The number of ether oxygens (including phenoxy) is 2. The Hall–Kier alpha value is -2.90. The van der Waals surface area contributed by atoms with Crippen molar-refractivity contribution in [1.82, 2.24) is 0 Å². The van der Waals surface area contributed by atoms with Crippen molar-refractivity contribution in [2.45, 2.75) is 57.0 Å². The highest BCUT2D eigenvalue weighted by Crippen LogP contribution is 2.45. The number of carboxylic acid groups (broad SMARTS) is 1. The quantitative estimate of drug-likeness (QED) is 0.393. The first-order chi connectivity index (χ1) is 17.2. The molecule has 8 heteroatoms. The van der Waals surface area contributed by atoms with E-state index in [0.717, 1.165) is 37.0 Å². The Morgan fingerprint density at radius 3 is 2.42 bits per heavy atom. The highest BCUT2D eigenvalue weighted by atomic mass is 19.4. The van der Waals surface area contributed by atoms with Crippen LogP contribution in [0.15, 0.2) is 42.5 Å². The highest BCUT2D eigenvalue weighted by Gasteiger charge is 2.39. The van der Waals surface area contributed by atoms with Gasteiger partial charge in [-0.3, -0.25) is 4.79 Å². The first-order valence-electron chi connectivity index (χ1n) is 12.6. The molecule has 196 valence electrons. The van der Waals surface area contributed by atoms with E-state index in [2.05, 4.69) is 0 Å². The van der Waals surface area contributed by atoms with Gasteiger partial charge < -0.3 is 19.5 Å². The normalized spacial score (nSPS) is 18.5. The minimum atomic E-state index is -4.31. The Bertz CT molecular complexity index is 1050. The van der Waals surface area contributed by atoms with Crippen molar-refractivity contribution >= 4 is 11.7 Å². The van der Waals surface area contributed by atoms with Crippen LogP contribution in [0.4, 0.5) is 18.9 Å². The van der Waals surface area contributed by atoms with Crippen LogP contribution < -0.4 is 14.4 Å². The molecule has 0 bridgehead atoms. The van der Waals surface area contributed by atoms with Gasteiger partial charge in [0.2, 0.25) is 0 Å². The van der Waals surface area contributed by atoms with Crippen LogP contribution in [0.2, 0.25) is 0 Å². The molecule has 0 aromatic heterocycles. The summed E-state index contributed by atoms with van der Waals surface area (Å²) in [6.45, 7) is 3.00. The molecular formula is C28H34F3NO4. The molecule has 2 aromatic rings. The van der Waals surface area contributed by atoms with Crippen LogP contribution in [0.5, 0.6) is 11.5 Å². The molecule has 0 amide bonds. The number of hydrogen-bond donors (Lipinski definition) is 1. The summed E-state index contributed by atoms with van der Waals surface area (Å²) >= 11 is 0. The number of anilines is 1. The molecule has 1 N–H and O–H groups in total. The Morgan fingerprint density at radius 1 is 1.08 bits per heavy atom. The van der Waals surface area contributed by atoms with Gasteiger partial charge in [0.15, 0.2) is 0 Å². The van der Waals surface area contributed by atoms with E-state index in [4.69, 9.17) is 9.47 Å². The second-order valence-corrected chi connectivity index (χ2v) is 10.0. The molecule has 1 saturated heterocycles. The van der Waals surface area contributed by atoms with Crippen molar-refractivity contribution in [2.75, 3.05) is 31.7 Å². The Morgan fingerprint density at radius 2 is 1.81 bits per heavy atom. The monoisotopic (exact) mass is 505 g/mol. The summed E-state index contributed by atoms with van der Waals surface area (Å²) < 4.78 is 51.8. The van der Waals surface area contributed by atoms with Crippen molar-refractivity contribution in [2.24, 2.45) is 11.8 Å².